The van der Waals surface area contributed by atoms with Crippen LogP contribution in [-0.2, 0) is 14.3 Å². The third-order valence-corrected chi connectivity index (χ3v) is 6.43. The number of hydrogen-bond donors (Lipinski definition) is 1. The highest BCUT2D eigenvalue weighted by molar-refractivity contribution is 6.08. The number of carbonyl (C=O) groups excluding carboxylic acids is 2. The Morgan fingerprint density at radius 2 is 1.59 bits per heavy atom. The van der Waals surface area contributed by atoms with Crippen LogP contribution in [0.5, 0.6) is 17.2 Å². The van der Waals surface area contributed by atoms with E-state index in [1.54, 1.807) is 31.2 Å². The van der Waals surface area contributed by atoms with Crippen LogP contribution in [0.2, 0.25) is 0 Å². The lowest BCUT2D eigenvalue weighted by Crippen LogP contribution is -2.57. The van der Waals surface area contributed by atoms with Gasteiger partial charge in [-0.2, -0.15) is 0 Å². The summed E-state index contributed by atoms with van der Waals surface area (Å²) in [6.45, 7) is 4.26. The lowest BCUT2D eigenvalue weighted by atomic mass is 9.90. The summed E-state index contributed by atoms with van der Waals surface area (Å²) in [5.41, 5.74) is 1.47. The number of rotatable bonds is 7. The number of esters is 1. The Balaban J connectivity index is 1.65. The first-order valence-electron chi connectivity index (χ1n) is 12.0. The molecule has 0 bridgehead atoms. The minimum atomic E-state index is -1.19. The summed E-state index contributed by atoms with van der Waals surface area (Å²) in [6.07, 6.45) is 0. The fourth-order valence-electron chi connectivity index (χ4n) is 4.57. The minimum absolute atomic E-state index is 0.131. The smallest absolute Gasteiger partial charge is 0.321 e. The molecule has 0 aromatic heterocycles. The number of amides is 1. The minimum Gasteiger partial charge on any atom is -0.493 e. The summed E-state index contributed by atoms with van der Waals surface area (Å²) in [4.78, 5) is 35.0. The number of nitrogens with zero attached hydrogens (tertiary/aromatic N) is 3. The summed E-state index contributed by atoms with van der Waals surface area (Å²) in [5, 5.41) is 2.80. The predicted octanol–water partition coefficient (Wildman–Crippen LogP) is 2.38. The number of benzene rings is 2. The van der Waals surface area contributed by atoms with Crippen LogP contribution in [0, 0.1) is 11.7 Å². The van der Waals surface area contributed by atoms with Gasteiger partial charge in [0.25, 0.3) is 0 Å². The van der Waals surface area contributed by atoms with Crippen LogP contribution in [0.15, 0.2) is 41.4 Å². The van der Waals surface area contributed by atoms with Crippen molar-refractivity contribution in [1.82, 2.24) is 10.2 Å². The fourth-order valence-corrected chi connectivity index (χ4v) is 4.57. The molecule has 11 heteroatoms. The maximum Gasteiger partial charge on any atom is 0.321 e. The Bertz CT molecular complexity index is 1140. The van der Waals surface area contributed by atoms with E-state index in [0.29, 0.717) is 55.0 Å². The fraction of sp³-hybridized carbons (Fsp3) is 0.423. The molecule has 0 saturated carbocycles. The second-order valence-electron chi connectivity index (χ2n) is 8.53. The molecule has 1 fully saturated rings. The first-order valence-corrected chi connectivity index (χ1v) is 12.0. The maximum absolute atomic E-state index is 13.3. The SMILES string of the molecule is CCOC(=O)[C@H]1C(=O)NC(N2CCN(c3ccc(F)cc3)CC2)=N[C@H]1c1cc(OC)c(OC)c(OC)c1. The molecule has 2 atom stereocenters. The van der Waals surface area contributed by atoms with Crippen molar-refractivity contribution in [3.05, 3.63) is 47.8 Å². The molecule has 1 amide bonds. The van der Waals surface area contributed by atoms with E-state index in [4.69, 9.17) is 23.9 Å². The van der Waals surface area contributed by atoms with Gasteiger partial charge in [0.2, 0.25) is 17.6 Å². The van der Waals surface area contributed by atoms with Crippen molar-refractivity contribution in [3.63, 3.8) is 0 Å². The van der Waals surface area contributed by atoms with Crippen LogP contribution in [0.25, 0.3) is 0 Å². The molecular weight excluding hydrogens is 483 g/mol. The summed E-state index contributed by atoms with van der Waals surface area (Å²) in [5.74, 6) is -1.09. The third kappa shape index (κ3) is 5.40. The number of hydrogen-bond acceptors (Lipinski definition) is 9. The number of anilines is 1. The molecule has 0 unspecified atom stereocenters. The molecule has 1 saturated heterocycles. The van der Waals surface area contributed by atoms with Crippen molar-refractivity contribution in [3.8, 4) is 17.2 Å². The van der Waals surface area contributed by atoms with E-state index >= 15 is 0 Å². The van der Waals surface area contributed by atoms with Gasteiger partial charge in [-0.15, -0.1) is 0 Å². The second-order valence-corrected chi connectivity index (χ2v) is 8.53. The van der Waals surface area contributed by atoms with Gasteiger partial charge in [-0.1, -0.05) is 0 Å². The number of methoxy groups -OCH3 is 3. The normalized spacial score (nSPS) is 19.6. The van der Waals surface area contributed by atoms with Crippen molar-refractivity contribution >= 4 is 23.5 Å². The number of aliphatic imine (C=N–C) groups is 1. The van der Waals surface area contributed by atoms with Gasteiger partial charge in [-0.05, 0) is 48.9 Å². The quantitative estimate of drug-likeness (QED) is 0.444. The zero-order chi connectivity index (χ0) is 26.5. The third-order valence-electron chi connectivity index (χ3n) is 6.43. The van der Waals surface area contributed by atoms with Crippen LogP contribution in [0.1, 0.15) is 18.5 Å². The molecular formula is C26H31FN4O6. The van der Waals surface area contributed by atoms with E-state index in [1.807, 2.05) is 4.90 Å². The first-order chi connectivity index (χ1) is 17.9. The maximum atomic E-state index is 13.3. The van der Waals surface area contributed by atoms with Gasteiger partial charge < -0.3 is 28.7 Å². The van der Waals surface area contributed by atoms with Gasteiger partial charge in [0.15, 0.2) is 17.4 Å². The summed E-state index contributed by atoms with van der Waals surface area (Å²) < 4.78 is 34.9. The molecule has 0 spiro atoms. The molecule has 4 rings (SSSR count). The van der Waals surface area contributed by atoms with Crippen molar-refractivity contribution in [2.24, 2.45) is 10.9 Å². The molecule has 37 heavy (non-hydrogen) atoms. The highest BCUT2D eigenvalue weighted by atomic mass is 19.1. The van der Waals surface area contributed by atoms with Gasteiger partial charge in [0, 0.05) is 31.9 Å². The lowest BCUT2D eigenvalue weighted by molar-refractivity contribution is -0.153. The molecule has 2 aromatic rings. The van der Waals surface area contributed by atoms with Crippen molar-refractivity contribution in [2.45, 2.75) is 13.0 Å². The number of guanidine groups is 1. The number of halogens is 1. The van der Waals surface area contributed by atoms with Gasteiger partial charge >= 0.3 is 5.97 Å². The van der Waals surface area contributed by atoms with Crippen LogP contribution in [0.4, 0.5) is 10.1 Å². The number of ether oxygens (including phenoxy) is 4. The van der Waals surface area contributed by atoms with Crippen LogP contribution < -0.4 is 24.4 Å². The van der Waals surface area contributed by atoms with Crippen LogP contribution in [-0.4, -0.2) is 76.9 Å². The summed E-state index contributed by atoms with van der Waals surface area (Å²) in [7, 11) is 4.48. The Morgan fingerprint density at radius 1 is 1.00 bits per heavy atom. The number of piperazine rings is 1. The van der Waals surface area contributed by atoms with Gasteiger partial charge in [-0.25, -0.2) is 9.38 Å². The largest absolute Gasteiger partial charge is 0.493 e. The highest BCUT2D eigenvalue weighted by Gasteiger charge is 2.43. The van der Waals surface area contributed by atoms with Crippen molar-refractivity contribution < 1.29 is 32.9 Å². The molecule has 198 valence electrons. The monoisotopic (exact) mass is 514 g/mol. The number of carbonyl (C=O) groups is 2. The average Bonchev–Trinajstić information content (AvgIpc) is 2.92. The molecule has 2 aromatic carbocycles. The topological polar surface area (TPSA) is 102 Å². The zero-order valence-electron chi connectivity index (χ0n) is 21.3. The first kappa shape index (κ1) is 26.1. The molecule has 1 N–H and O–H groups in total. The van der Waals surface area contributed by atoms with Crippen LogP contribution >= 0.6 is 0 Å². The standard InChI is InChI=1S/C26H31FN4O6/c1-5-37-25(33)21-22(16-14-19(34-2)23(36-4)20(15-16)35-3)28-26(29-24(21)32)31-12-10-30(11-13-31)18-8-6-17(27)7-9-18/h6-9,14-15,21-22H,5,10-13H2,1-4H3,(H,28,29,32)/t21-,22+/m1/s1. The molecule has 0 radical (unpaired) electrons. The van der Waals surface area contributed by atoms with Gasteiger partial charge in [0.1, 0.15) is 11.9 Å². The highest BCUT2D eigenvalue weighted by Crippen LogP contribution is 2.42. The Kier molecular flexibility index (Phi) is 8.00. The molecule has 10 nitrogen and oxygen atoms in total. The molecule has 0 aliphatic carbocycles. The van der Waals surface area contributed by atoms with E-state index in [-0.39, 0.29) is 12.4 Å². The average molecular weight is 515 g/mol. The Labute approximate surface area is 214 Å². The van der Waals surface area contributed by atoms with E-state index in [9.17, 15) is 14.0 Å². The van der Waals surface area contributed by atoms with Crippen molar-refractivity contribution in [2.75, 3.05) is 59.0 Å². The predicted molar refractivity (Wildman–Crippen MR) is 135 cm³/mol. The second kappa shape index (κ2) is 11.4. The van der Waals surface area contributed by atoms with Gasteiger partial charge in [0.05, 0.1) is 27.9 Å². The van der Waals surface area contributed by atoms with Gasteiger partial charge in [-0.3, -0.25) is 14.9 Å². The van der Waals surface area contributed by atoms with Crippen molar-refractivity contribution in [1.29, 1.82) is 0 Å². The van der Waals surface area contributed by atoms with E-state index in [0.717, 1.165) is 5.69 Å². The molecule has 2 aliphatic heterocycles. The molecule has 2 aliphatic rings. The summed E-state index contributed by atoms with van der Waals surface area (Å²) in [6, 6.07) is 8.86. The Morgan fingerprint density at radius 3 is 2.14 bits per heavy atom. The molecule has 2 heterocycles. The van der Waals surface area contributed by atoms with E-state index < -0.39 is 23.8 Å². The lowest BCUT2D eigenvalue weighted by Gasteiger charge is -2.39. The number of nitrogens with one attached hydrogen (secondary N) is 1. The van der Waals surface area contributed by atoms with E-state index in [1.165, 1.54) is 33.5 Å². The summed E-state index contributed by atoms with van der Waals surface area (Å²) >= 11 is 0. The van der Waals surface area contributed by atoms with Crippen LogP contribution in [0.3, 0.4) is 0 Å². The van der Waals surface area contributed by atoms with E-state index in [2.05, 4.69) is 10.2 Å². The zero-order valence-corrected chi connectivity index (χ0v) is 21.3. The Hall–Kier alpha value is -4.02.